The number of benzene rings is 1. The van der Waals surface area contributed by atoms with Crippen LogP contribution in [0.4, 0.5) is 10.1 Å². The fourth-order valence-corrected chi connectivity index (χ4v) is 2.50. The van der Waals surface area contributed by atoms with Gasteiger partial charge in [-0.25, -0.2) is 4.39 Å². The molecule has 1 aromatic carbocycles. The molecule has 0 amide bonds. The van der Waals surface area contributed by atoms with Crippen molar-refractivity contribution in [1.82, 2.24) is 0 Å². The molecular formula is C15H23ClFN. The SMILES string of the molecule is CCC(CC)CN(CC)c1cccc(F)c1CCl. The zero-order chi connectivity index (χ0) is 13.5. The second kappa shape index (κ2) is 7.63. The van der Waals surface area contributed by atoms with Crippen molar-refractivity contribution in [2.24, 2.45) is 5.92 Å². The van der Waals surface area contributed by atoms with Crippen molar-refractivity contribution in [1.29, 1.82) is 0 Å². The van der Waals surface area contributed by atoms with E-state index in [2.05, 4.69) is 25.7 Å². The first-order chi connectivity index (χ1) is 8.67. The number of anilines is 1. The van der Waals surface area contributed by atoms with E-state index in [-0.39, 0.29) is 11.7 Å². The molecule has 0 aliphatic rings. The van der Waals surface area contributed by atoms with Gasteiger partial charge in [0.1, 0.15) is 5.82 Å². The lowest BCUT2D eigenvalue weighted by Gasteiger charge is -2.29. The lowest BCUT2D eigenvalue weighted by molar-refractivity contribution is 0.485. The minimum absolute atomic E-state index is 0.203. The molecule has 1 rings (SSSR count). The first-order valence-corrected chi connectivity index (χ1v) is 7.29. The molecular weight excluding hydrogens is 249 g/mol. The molecule has 18 heavy (non-hydrogen) atoms. The van der Waals surface area contributed by atoms with Gasteiger partial charge in [-0.15, -0.1) is 11.6 Å². The Morgan fingerprint density at radius 2 is 1.89 bits per heavy atom. The van der Waals surface area contributed by atoms with E-state index in [4.69, 9.17) is 11.6 Å². The molecule has 0 fully saturated rings. The molecule has 0 bridgehead atoms. The van der Waals surface area contributed by atoms with Gasteiger partial charge >= 0.3 is 0 Å². The molecule has 0 spiro atoms. The van der Waals surface area contributed by atoms with Crippen LogP contribution in [0.2, 0.25) is 0 Å². The van der Waals surface area contributed by atoms with Crippen molar-refractivity contribution in [3.8, 4) is 0 Å². The van der Waals surface area contributed by atoms with Crippen LogP contribution in [0.25, 0.3) is 0 Å². The molecule has 102 valence electrons. The monoisotopic (exact) mass is 271 g/mol. The van der Waals surface area contributed by atoms with Crippen LogP contribution in [0.3, 0.4) is 0 Å². The molecule has 0 aliphatic carbocycles. The van der Waals surface area contributed by atoms with Crippen molar-refractivity contribution in [3.63, 3.8) is 0 Å². The maximum atomic E-state index is 13.7. The van der Waals surface area contributed by atoms with Gasteiger partial charge in [-0.05, 0) is 25.0 Å². The van der Waals surface area contributed by atoms with Crippen molar-refractivity contribution >= 4 is 17.3 Å². The highest BCUT2D eigenvalue weighted by molar-refractivity contribution is 6.17. The van der Waals surface area contributed by atoms with Crippen molar-refractivity contribution in [2.75, 3.05) is 18.0 Å². The van der Waals surface area contributed by atoms with Crippen LogP contribution in [0, 0.1) is 11.7 Å². The summed E-state index contributed by atoms with van der Waals surface area (Å²) in [5.74, 6) is 0.670. The minimum atomic E-state index is -0.203. The van der Waals surface area contributed by atoms with Gasteiger partial charge in [0.25, 0.3) is 0 Å². The fourth-order valence-electron chi connectivity index (χ4n) is 2.23. The van der Waals surface area contributed by atoms with Crippen LogP contribution in [0.1, 0.15) is 39.2 Å². The average molecular weight is 272 g/mol. The highest BCUT2D eigenvalue weighted by Crippen LogP contribution is 2.26. The molecule has 1 nitrogen and oxygen atoms in total. The topological polar surface area (TPSA) is 3.24 Å². The first kappa shape index (κ1) is 15.3. The van der Waals surface area contributed by atoms with Crippen LogP contribution in [-0.2, 0) is 5.88 Å². The van der Waals surface area contributed by atoms with E-state index in [1.54, 1.807) is 6.07 Å². The third-order valence-electron chi connectivity index (χ3n) is 3.58. The highest BCUT2D eigenvalue weighted by Gasteiger charge is 2.15. The van der Waals surface area contributed by atoms with E-state index in [1.807, 2.05) is 6.07 Å². The molecule has 0 saturated heterocycles. The zero-order valence-electron chi connectivity index (χ0n) is 11.5. The molecule has 0 aliphatic heterocycles. The van der Waals surface area contributed by atoms with Crippen LogP contribution in [-0.4, -0.2) is 13.1 Å². The number of nitrogens with zero attached hydrogens (tertiary/aromatic N) is 1. The van der Waals surface area contributed by atoms with Crippen LogP contribution in [0.15, 0.2) is 18.2 Å². The zero-order valence-corrected chi connectivity index (χ0v) is 12.3. The van der Waals surface area contributed by atoms with Crippen molar-refractivity contribution in [3.05, 3.63) is 29.6 Å². The van der Waals surface area contributed by atoms with Crippen molar-refractivity contribution < 1.29 is 4.39 Å². The molecule has 3 heteroatoms. The van der Waals surface area contributed by atoms with Gasteiger partial charge in [-0.3, -0.25) is 0 Å². The number of halogens is 2. The highest BCUT2D eigenvalue weighted by atomic mass is 35.5. The molecule has 1 aromatic rings. The summed E-state index contributed by atoms with van der Waals surface area (Å²) in [6.45, 7) is 8.36. The Balaban J connectivity index is 2.97. The predicted octanol–water partition coefficient (Wildman–Crippen LogP) is 4.83. The smallest absolute Gasteiger partial charge is 0.129 e. The lowest BCUT2D eigenvalue weighted by Crippen LogP contribution is -2.30. The van der Waals surface area contributed by atoms with Gasteiger partial charge in [0.05, 0.1) is 5.88 Å². The van der Waals surface area contributed by atoms with Crippen LogP contribution in [0.5, 0.6) is 0 Å². The van der Waals surface area contributed by atoms with E-state index in [0.717, 1.165) is 31.6 Å². The van der Waals surface area contributed by atoms with E-state index in [1.165, 1.54) is 6.07 Å². The maximum absolute atomic E-state index is 13.7. The largest absolute Gasteiger partial charge is 0.371 e. The summed E-state index contributed by atoms with van der Waals surface area (Å²) in [6, 6.07) is 5.20. The first-order valence-electron chi connectivity index (χ1n) is 6.76. The van der Waals surface area contributed by atoms with Gasteiger partial charge in [-0.1, -0.05) is 32.8 Å². The Hall–Kier alpha value is -0.760. The Morgan fingerprint density at radius 1 is 1.22 bits per heavy atom. The van der Waals surface area contributed by atoms with Crippen LogP contribution >= 0.6 is 11.6 Å². The summed E-state index contributed by atoms with van der Waals surface area (Å²) in [7, 11) is 0. The lowest BCUT2D eigenvalue weighted by atomic mass is 10.0. The Morgan fingerprint density at radius 3 is 2.39 bits per heavy atom. The number of rotatable bonds is 7. The molecule has 0 saturated carbocycles. The van der Waals surface area contributed by atoms with Crippen LogP contribution < -0.4 is 4.90 Å². The number of hydrogen-bond donors (Lipinski definition) is 0. The Labute approximate surface area is 115 Å². The standard InChI is InChI=1S/C15H23ClFN/c1-4-12(5-2)11-18(6-3)15-9-7-8-14(17)13(15)10-16/h7-9,12H,4-6,10-11H2,1-3H3. The third-order valence-corrected chi connectivity index (χ3v) is 3.85. The van der Waals surface area contributed by atoms with Gasteiger partial charge in [0.15, 0.2) is 0 Å². The maximum Gasteiger partial charge on any atom is 0.129 e. The second-order valence-corrected chi connectivity index (χ2v) is 4.86. The van der Waals surface area contributed by atoms with Gasteiger partial charge in [0.2, 0.25) is 0 Å². The number of alkyl halides is 1. The third kappa shape index (κ3) is 3.61. The summed E-state index contributed by atoms with van der Waals surface area (Å²) < 4.78 is 13.7. The summed E-state index contributed by atoms with van der Waals surface area (Å²) >= 11 is 5.88. The minimum Gasteiger partial charge on any atom is -0.371 e. The fraction of sp³-hybridized carbons (Fsp3) is 0.600. The summed E-state index contributed by atoms with van der Waals surface area (Å²) in [5, 5.41) is 0. The molecule has 0 N–H and O–H groups in total. The molecule has 0 unspecified atom stereocenters. The normalized spacial score (nSPS) is 11.0. The van der Waals surface area contributed by atoms with E-state index in [0.29, 0.717) is 11.5 Å². The quantitative estimate of drug-likeness (QED) is 0.642. The summed E-state index contributed by atoms with van der Waals surface area (Å²) in [4.78, 5) is 2.23. The van der Waals surface area contributed by atoms with Gasteiger partial charge in [-0.2, -0.15) is 0 Å². The van der Waals surface area contributed by atoms with E-state index >= 15 is 0 Å². The van der Waals surface area contributed by atoms with Gasteiger partial charge < -0.3 is 4.90 Å². The Kier molecular flexibility index (Phi) is 6.48. The molecule has 0 radical (unpaired) electrons. The molecule has 0 atom stereocenters. The molecule has 0 aromatic heterocycles. The predicted molar refractivity (Wildman–Crippen MR) is 77.9 cm³/mol. The van der Waals surface area contributed by atoms with Gasteiger partial charge in [0, 0.05) is 24.3 Å². The number of hydrogen-bond acceptors (Lipinski definition) is 1. The Bertz CT molecular complexity index is 364. The molecule has 0 heterocycles. The summed E-state index contributed by atoms with van der Waals surface area (Å²) in [6.07, 6.45) is 2.30. The summed E-state index contributed by atoms with van der Waals surface area (Å²) in [5.41, 5.74) is 1.56. The van der Waals surface area contributed by atoms with E-state index in [9.17, 15) is 4.39 Å². The average Bonchev–Trinajstić information content (AvgIpc) is 2.40. The van der Waals surface area contributed by atoms with Crippen molar-refractivity contribution in [2.45, 2.75) is 39.5 Å². The second-order valence-electron chi connectivity index (χ2n) is 4.59. The van der Waals surface area contributed by atoms with E-state index < -0.39 is 0 Å².